The summed E-state index contributed by atoms with van der Waals surface area (Å²) in [5, 5.41) is 6.00. The van der Waals surface area contributed by atoms with E-state index in [4.69, 9.17) is 16.3 Å². The van der Waals surface area contributed by atoms with Crippen molar-refractivity contribution in [3.05, 3.63) is 23.2 Å². The van der Waals surface area contributed by atoms with Gasteiger partial charge in [-0.3, -0.25) is 9.78 Å². The number of ether oxygens (including phenoxy) is 1. The fraction of sp³-hybridized carbons (Fsp3) is 0.647. The molecule has 0 aromatic carbocycles. The second-order valence-electron chi connectivity index (χ2n) is 7.81. The third kappa shape index (κ3) is 5.04. The normalized spacial score (nSPS) is 20.4. The number of alkyl carbamates (subject to hydrolysis) is 1. The van der Waals surface area contributed by atoms with Crippen LogP contribution < -0.4 is 10.6 Å². The first kappa shape index (κ1) is 19.4. The van der Waals surface area contributed by atoms with Gasteiger partial charge in [-0.2, -0.15) is 0 Å². The van der Waals surface area contributed by atoms with Gasteiger partial charge in [0.1, 0.15) is 5.60 Å². The Bertz CT molecular complexity index is 652. The van der Waals surface area contributed by atoms with Crippen molar-refractivity contribution in [1.82, 2.24) is 20.6 Å². The number of hydrogen-bond acceptors (Lipinski definition) is 5. The molecule has 8 heteroatoms. The molecule has 25 heavy (non-hydrogen) atoms. The van der Waals surface area contributed by atoms with Crippen LogP contribution in [0.4, 0.5) is 4.79 Å². The lowest BCUT2D eigenvalue weighted by molar-refractivity contribution is -0.127. The Labute approximate surface area is 152 Å². The van der Waals surface area contributed by atoms with Crippen LogP contribution in [0.2, 0.25) is 5.15 Å². The topological polar surface area (TPSA) is 93.2 Å². The minimum atomic E-state index is -0.894. The van der Waals surface area contributed by atoms with Crippen molar-refractivity contribution in [2.45, 2.75) is 70.6 Å². The predicted molar refractivity (Wildman–Crippen MR) is 94.4 cm³/mol. The summed E-state index contributed by atoms with van der Waals surface area (Å²) in [7, 11) is 0. The molecular formula is C17H25ClN4O3. The first-order chi connectivity index (χ1) is 11.5. The quantitative estimate of drug-likeness (QED) is 0.851. The predicted octanol–water partition coefficient (Wildman–Crippen LogP) is 2.58. The van der Waals surface area contributed by atoms with Crippen LogP contribution in [0, 0.1) is 0 Å². The average molecular weight is 369 g/mol. The van der Waals surface area contributed by atoms with Gasteiger partial charge < -0.3 is 15.4 Å². The molecule has 0 radical (unpaired) electrons. The maximum absolute atomic E-state index is 12.6. The van der Waals surface area contributed by atoms with E-state index in [0.717, 1.165) is 0 Å². The molecule has 1 aliphatic carbocycles. The molecule has 0 spiro atoms. The Morgan fingerprint density at radius 1 is 1.08 bits per heavy atom. The zero-order valence-corrected chi connectivity index (χ0v) is 16.0. The third-order valence-electron chi connectivity index (χ3n) is 4.01. The number of amides is 2. The molecule has 1 fully saturated rings. The van der Waals surface area contributed by atoms with Gasteiger partial charge >= 0.3 is 6.09 Å². The SMILES string of the molecule is CC(C)(C)OC(=O)NC1CC(NC(=O)C(C)(C)c2nccnc2Cl)C1. The van der Waals surface area contributed by atoms with E-state index in [0.29, 0.717) is 18.5 Å². The molecule has 0 unspecified atom stereocenters. The molecule has 7 nitrogen and oxygen atoms in total. The van der Waals surface area contributed by atoms with Crippen molar-refractivity contribution >= 4 is 23.6 Å². The Hall–Kier alpha value is -1.89. The maximum atomic E-state index is 12.6. The van der Waals surface area contributed by atoms with Crippen LogP contribution in [0.25, 0.3) is 0 Å². The number of carbonyl (C=O) groups excluding carboxylic acids is 2. The molecule has 0 aliphatic heterocycles. The molecule has 2 rings (SSSR count). The molecule has 1 heterocycles. The highest BCUT2D eigenvalue weighted by Crippen LogP contribution is 2.28. The van der Waals surface area contributed by atoms with E-state index in [9.17, 15) is 9.59 Å². The second-order valence-corrected chi connectivity index (χ2v) is 8.16. The highest BCUT2D eigenvalue weighted by molar-refractivity contribution is 6.30. The summed E-state index contributed by atoms with van der Waals surface area (Å²) in [4.78, 5) is 32.5. The van der Waals surface area contributed by atoms with E-state index in [2.05, 4.69) is 20.6 Å². The zero-order valence-electron chi connectivity index (χ0n) is 15.2. The fourth-order valence-electron chi connectivity index (χ4n) is 2.54. The average Bonchev–Trinajstić information content (AvgIpc) is 2.43. The van der Waals surface area contributed by atoms with Crippen LogP contribution in [0.3, 0.4) is 0 Å². The van der Waals surface area contributed by atoms with Crippen molar-refractivity contribution in [2.75, 3.05) is 0 Å². The fourth-order valence-corrected chi connectivity index (χ4v) is 2.88. The summed E-state index contributed by atoms with van der Waals surface area (Å²) in [5.41, 5.74) is -0.979. The summed E-state index contributed by atoms with van der Waals surface area (Å²) in [6.45, 7) is 8.96. The summed E-state index contributed by atoms with van der Waals surface area (Å²) in [6, 6.07) is 0.00512. The van der Waals surface area contributed by atoms with Gasteiger partial charge in [-0.15, -0.1) is 0 Å². The molecule has 1 aliphatic rings. The van der Waals surface area contributed by atoms with Gasteiger partial charge in [-0.25, -0.2) is 9.78 Å². The number of rotatable bonds is 4. The zero-order chi connectivity index (χ0) is 18.8. The Morgan fingerprint density at radius 3 is 2.20 bits per heavy atom. The number of halogens is 1. The van der Waals surface area contributed by atoms with Gasteiger partial charge in [0.15, 0.2) is 5.15 Å². The van der Waals surface area contributed by atoms with Crippen LogP contribution in [0.1, 0.15) is 53.2 Å². The van der Waals surface area contributed by atoms with Crippen LogP contribution >= 0.6 is 11.6 Å². The van der Waals surface area contributed by atoms with Gasteiger partial charge in [-0.05, 0) is 47.5 Å². The molecule has 2 amide bonds. The second kappa shape index (κ2) is 7.15. The van der Waals surface area contributed by atoms with Gasteiger partial charge in [0.05, 0.1) is 11.1 Å². The van der Waals surface area contributed by atoms with Crippen LogP contribution in [-0.4, -0.2) is 39.7 Å². The third-order valence-corrected chi connectivity index (χ3v) is 4.28. The highest BCUT2D eigenvalue weighted by Gasteiger charge is 2.38. The highest BCUT2D eigenvalue weighted by atomic mass is 35.5. The lowest BCUT2D eigenvalue weighted by Gasteiger charge is -2.38. The van der Waals surface area contributed by atoms with Crippen molar-refractivity contribution < 1.29 is 14.3 Å². The lowest BCUT2D eigenvalue weighted by atomic mass is 9.83. The van der Waals surface area contributed by atoms with Crippen molar-refractivity contribution in [3.8, 4) is 0 Å². The van der Waals surface area contributed by atoms with Crippen molar-refractivity contribution in [2.24, 2.45) is 0 Å². The van der Waals surface area contributed by atoms with Gasteiger partial charge in [0, 0.05) is 24.5 Å². The monoisotopic (exact) mass is 368 g/mol. The van der Waals surface area contributed by atoms with E-state index in [-0.39, 0.29) is 23.1 Å². The first-order valence-corrected chi connectivity index (χ1v) is 8.64. The summed E-state index contributed by atoms with van der Waals surface area (Å²) >= 11 is 6.06. The van der Waals surface area contributed by atoms with E-state index in [1.165, 1.54) is 12.4 Å². The van der Waals surface area contributed by atoms with Gasteiger partial charge in [-0.1, -0.05) is 11.6 Å². The van der Waals surface area contributed by atoms with E-state index >= 15 is 0 Å². The summed E-state index contributed by atoms with van der Waals surface area (Å²) in [5.74, 6) is -0.171. The number of nitrogens with zero attached hydrogens (tertiary/aromatic N) is 2. The Morgan fingerprint density at radius 2 is 1.64 bits per heavy atom. The minimum Gasteiger partial charge on any atom is -0.444 e. The number of nitrogens with one attached hydrogen (secondary N) is 2. The first-order valence-electron chi connectivity index (χ1n) is 8.26. The maximum Gasteiger partial charge on any atom is 0.407 e. The number of aromatic nitrogens is 2. The molecule has 2 N–H and O–H groups in total. The number of hydrogen-bond donors (Lipinski definition) is 2. The molecule has 0 saturated heterocycles. The van der Waals surface area contributed by atoms with E-state index in [1.54, 1.807) is 13.8 Å². The Balaban J connectivity index is 1.84. The van der Waals surface area contributed by atoms with Gasteiger partial charge in [0.2, 0.25) is 5.91 Å². The molecule has 138 valence electrons. The van der Waals surface area contributed by atoms with Gasteiger partial charge in [0.25, 0.3) is 0 Å². The molecule has 1 aromatic heterocycles. The molecule has 0 atom stereocenters. The summed E-state index contributed by atoms with van der Waals surface area (Å²) in [6.07, 6.45) is 3.89. The van der Waals surface area contributed by atoms with Crippen molar-refractivity contribution in [1.29, 1.82) is 0 Å². The van der Waals surface area contributed by atoms with E-state index in [1.807, 2.05) is 20.8 Å². The van der Waals surface area contributed by atoms with Crippen LogP contribution in [0.5, 0.6) is 0 Å². The molecular weight excluding hydrogens is 344 g/mol. The molecule has 0 bridgehead atoms. The van der Waals surface area contributed by atoms with Crippen LogP contribution in [0.15, 0.2) is 12.4 Å². The van der Waals surface area contributed by atoms with E-state index < -0.39 is 17.1 Å². The number of carbonyl (C=O) groups is 2. The largest absolute Gasteiger partial charge is 0.444 e. The Kier molecular flexibility index (Phi) is 5.56. The molecule has 1 saturated carbocycles. The smallest absolute Gasteiger partial charge is 0.407 e. The standard InChI is InChI=1S/C17H25ClN4O3/c1-16(2,3)25-15(24)22-11-8-10(9-11)21-14(23)17(4,5)12-13(18)20-7-6-19-12/h6-7,10-11H,8-9H2,1-5H3,(H,21,23)(H,22,24). The summed E-state index contributed by atoms with van der Waals surface area (Å²) < 4.78 is 5.22. The minimum absolute atomic E-state index is 0.00200. The molecule has 1 aromatic rings. The van der Waals surface area contributed by atoms with Crippen LogP contribution in [-0.2, 0) is 14.9 Å². The lowest BCUT2D eigenvalue weighted by Crippen LogP contribution is -2.56. The van der Waals surface area contributed by atoms with Crippen molar-refractivity contribution in [3.63, 3.8) is 0 Å².